The summed E-state index contributed by atoms with van der Waals surface area (Å²) in [5.41, 5.74) is 5.93. The van der Waals surface area contributed by atoms with Gasteiger partial charge in [0, 0.05) is 5.69 Å². The predicted molar refractivity (Wildman–Crippen MR) is 78.1 cm³/mol. The van der Waals surface area contributed by atoms with Crippen LogP contribution in [0.4, 0.5) is 15.8 Å². The van der Waals surface area contributed by atoms with Crippen molar-refractivity contribution >= 4 is 44.6 Å². The predicted octanol–water partition coefficient (Wildman–Crippen LogP) is 3.52. The summed E-state index contributed by atoms with van der Waals surface area (Å²) >= 11 is 11.4. The summed E-state index contributed by atoms with van der Waals surface area (Å²) in [6.45, 7) is 0. The van der Waals surface area contributed by atoms with Gasteiger partial charge in [-0.1, -0.05) is 29.3 Å². The van der Waals surface area contributed by atoms with Crippen molar-refractivity contribution in [3.8, 4) is 0 Å². The zero-order valence-corrected chi connectivity index (χ0v) is 12.2. The highest BCUT2D eigenvalue weighted by molar-refractivity contribution is 7.92. The molecule has 20 heavy (non-hydrogen) atoms. The average Bonchev–Trinajstić information content (AvgIpc) is 2.36. The van der Waals surface area contributed by atoms with Gasteiger partial charge in [0.2, 0.25) is 0 Å². The van der Waals surface area contributed by atoms with Gasteiger partial charge < -0.3 is 5.73 Å². The van der Waals surface area contributed by atoms with Gasteiger partial charge in [-0.3, -0.25) is 4.72 Å². The van der Waals surface area contributed by atoms with Gasteiger partial charge in [0.25, 0.3) is 10.0 Å². The monoisotopic (exact) mass is 334 g/mol. The van der Waals surface area contributed by atoms with Crippen LogP contribution in [-0.2, 0) is 10.0 Å². The molecule has 0 aliphatic rings. The fourth-order valence-electron chi connectivity index (χ4n) is 1.51. The van der Waals surface area contributed by atoms with E-state index < -0.39 is 20.7 Å². The average molecular weight is 335 g/mol. The number of nitrogens with one attached hydrogen (secondary N) is 1. The second-order valence-electron chi connectivity index (χ2n) is 3.90. The Morgan fingerprint density at radius 1 is 1.10 bits per heavy atom. The van der Waals surface area contributed by atoms with Crippen LogP contribution >= 0.6 is 23.2 Å². The molecule has 0 aliphatic carbocycles. The Hall–Kier alpha value is -1.50. The summed E-state index contributed by atoms with van der Waals surface area (Å²) in [5.74, 6) is -1.03. The van der Waals surface area contributed by atoms with E-state index in [0.717, 1.165) is 6.07 Å². The minimum atomic E-state index is -4.16. The van der Waals surface area contributed by atoms with E-state index in [2.05, 4.69) is 4.72 Å². The Balaban J connectivity index is 2.46. The van der Waals surface area contributed by atoms with E-state index in [4.69, 9.17) is 28.9 Å². The van der Waals surface area contributed by atoms with Gasteiger partial charge in [-0.15, -0.1) is 0 Å². The normalized spacial score (nSPS) is 11.3. The van der Waals surface area contributed by atoms with E-state index in [1.165, 1.54) is 30.3 Å². The van der Waals surface area contributed by atoms with Crippen molar-refractivity contribution in [2.24, 2.45) is 0 Å². The molecular weight excluding hydrogens is 326 g/mol. The number of hydrogen-bond acceptors (Lipinski definition) is 3. The third kappa shape index (κ3) is 2.98. The number of anilines is 2. The summed E-state index contributed by atoms with van der Waals surface area (Å²) < 4.78 is 40.2. The number of nitrogens with two attached hydrogens (primary N) is 1. The van der Waals surface area contributed by atoms with Crippen LogP contribution in [0.5, 0.6) is 0 Å². The van der Waals surface area contributed by atoms with Crippen molar-refractivity contribution in [2.75, 3.05) is 10.5 Å². The first-order chi connectivity index (χ1) is 9.31. The zero-order valence-electron chi connectivity index (χ0n) is 9.90. The molecule has 0 saturated carbocycles. The molecule has 0 aromatic heterocycles. The van der Waals surface area contributed by atoms with E-state index >= 15 is 0 Å². The van der Waals surface area contributed by atoms with Crippen LogP contribution in [0.2, 0.25) is 10.0 Å². The molecule has 106 valence electrons. The highest BCUT2D eigenvalue weighted by atomic mass is 35.5. The van der Waals surface area contributed by atoms with Crippen LogP contribution in [0.1, 0.15) is 0 Å². The van der Waals surface area contributed by atoms with Gasteiger partial charge in [-0.2, -0.15) is 0 Å². The molecule has 0 amide bonds. The highest BCUT2D eigenvalue weighted by Crippen LogP contribution is 2.28. The lowest BCUT2D eigenvalue weighted by molar-refractivity contribution is 0.570. The molecule has 0 aliphatic heterocycles. The SMILES string of the molecule is Nc1ccc(Cl)c(NS(=O)(=O)c2cccc(Cl)c2F)c1. The Labute approximate surface area is 125 Å². The van der Waals surface area contributed by atoms with Crippen LogP contribution in [0, 0.1) is 5.82 Å². The van der Waals surface area contributed by atoms with E-state index in [1.807, 2.05) is 0 Å². The minimum absolute atomic E-state index is 0.0612. The fourth-order valence-corrected chi connectivity index (χ4v) is 3.14. The maximum Gasteiger partial charge on any atom is 0.264 e. The first kappa shape index (κ1) is 14.9. The van der Waals surface area contributed by atoms with Gasteiger partial charge >= 0.3 is 0 Å². The maximum atomic E-state index is 13.8. The Kier molecular flexibility index (Phi) is 4.08. The summed E-state index contributed by atoms with van der Waals surface area (Å²) in [5, 5.41) is -0.142. The molecule has 0 spiro atoms. The van der Waals surface area contributed by atoms with E-state index in [0.29, 0.717) is 5.69 Å². The zero-order chi connectivity index (χ0) is 14.9. The van der Waals surface area contributed by atoms with Gasteiger partial charge in [-0.05, 0) is 30.3 Å². The van der Waals surface area contributed by atoms with Gasteiger partial charge in [0.05, 0.1) is 15.7 Å². The molecule has 0 unspecified atom stereocenters. The largest absolute Gasteiger partial charge is 0.399 e. The van der Waals surface area contributed by atoms with E-state index in [-0.39, 0.29) is 15.7 Å². The molecule has 4 nitrogen and oxygen atoms in total. The second-order valence-corrected chi connectivity index (χ2v) is 6.36. The number of halogens is 3. The van der Waals surface area contributed by atoms with Crippen LogP contribution in [0.25, 0.3) is 0 Å². The van der Waals surface area contributed by atoms with Crippen LogP contribution in [0.3, 0.4) is 0 Å². The molecule has 0 bridgehead atoms. The summed E-state index contributed by atoms with van der Waals surface area (Å²) in [6.07, 6.45) is 0. The van der Waals surface area contributed by atoms with E-state index in [1.54, 1.807) is 0 Å². The molecule has 0 atom stereocenters. The van der Waals surface area contributed by atoms with Gasteiger partial charge in [0.1, 0.15) is 4.90 Å². The van der Waals surface area contributed by atoms with Crippen molar-refractivity contribution in [3.05, 3.63) is 52.3 Å². The fraction of sp³-hybridized carbons (Fsp3) is 0. The molecule has 0 radical (unpaired) electrons. The lowest BCUT2D eigenvalue weighted by atomic mass is 10.3. The van der Waals surface area contributed by atoms with Crippen LogP contribution < -0.4 is 10.5 Å². The Morgan fingerprint density at radius 3 is 2.50 bits per heavy atom. The third-order valence-electron chi connectivity index (χ3n) is 2.44. The number of rotatable bonds is 3. The third-order valence-corrected chi connectivity index (χ3v) is 4.44. The van der Waals surface area contributed by atoms with Crippen molar-refractivity contribution in [1.82, 2.24) is 0 Å². The lowest BCUT2D eigenvalue weighted by Gasteiger charge is -2.11. The molecule has 3 N–H and O–H groups in total. The number of benzene rings is 2. The van der Waals surface area contributed by atoms with E-state index in [9.17, 15) is 12.8 Å². The molecular formula is C12H9Cl2FN2O2S. The molecule has 0 fully saturated rings. The van der Waals surface area contributed by atoms with Crippen molar-refractivity contribution in [1.29, 1.82) is 0 Å². The number of hydrogen-bond donors (Lipinski definition) is 2. The number of nitrogen functional groups attached to an aromatic ring is 1. The number of sulfonamides is 1. The highest BCUT2D eigenvalue weighted by Gasteiger charge is 2.21. The van der Waals surface area contributed by atoms with Crippen molar-refractivity contribution < 1.29 is 12.8 Å². The molecule has 0 saturated heterocycles. The van der Waals surface area contributed by atoms with Crippen LogP contribution in [0.15, 0.2) is 41.3 Å². The Bertz CT molecular complexity index is 766. The van der Waals surface area contributed by atoms with Gasteiger partial charge in [0.15, 0.2) is 5.82 Å². The lowest BCUT2D eigenvalue weighted by Crippen LogP contribution is -2.15. The first-order valence-corrected chi connectivity index (χ1v) is 7.57. The summed E-state index contributed by atoms with van der Waals surface area (Å²) in [6, 6.07) is 7.97. The van der Waals surface area contributed by atoms with Gasteiger partial charge in [-0.25, -0.2) is 12.8 Å². The standard InChI is InChI=1S/C12H9Cl2FN2O2S/c13-8-5-4-7(16)6-10(8)17-20(18,19)11-3-1-2-9(14)12(11)15/h1-6,17H,16H2. The molecule has 2 aromatic carbocycles. The maximum absolute atomic E-state index is 13.8. The quantitative estimate of drug-likeness (QED) is 0.843. The topological polar surface area (TPSA) is 72.2 Å². The smallest absolute Gasteiger partial charge is 0.264 e. The summed E-state index contributed by atoms with van der Waals surface area (Å²) in [7, 11) is -4.16. The van der Waals surface area contributed by atoms with Crippen molar-refractivity contribution in [2.45, 2.75) is 4.90 Å². The molecule has 2 aromatic rings. The molecule has 0 heterocycles. The second kappa shape index (κ2) is 5.47. The summed E-state index contributed by atoms with van der Waals surface area (Å²) in [4.78, 5) is -0.566. The molecule has 8 heteroatoms. The first-order valence-electron chi connectivity index (χ1n) is 5.33. The van der Waals surface area contributed by atoms with Crippen molar-refractivity contribution in [3.63, 3.8) is 0 Å². The minimum Gasteiger partial charge on any atom is -0.399 e. The van der Waals surface area contributed by atoms with Crippen LogP contribution in [-0.4, -0.2) is 8.42 Å². The molecule has 2 rings (SSSR count). The Morgan fingerprint density at radius 2 is 1.80 bits per heavy atom.